The lowest BCUT2D eigenvalue weighted by Gasteiger charge is -2.53. The van der Waals surface area contributed by atoms with E-state index in [1.54, 1.807) is 0 Å². The molecule has 4 nitrogen and oxygen atoms in total. The van der Waals surface area contributed by atoms with Crippen molar-refractivity contribution in [2.45, 2.75) is 38.1 Å². The molecule has 1 amide bonds. The second kappa shape index (κ2) is 4.82. The van der Waals surface area contributed by atoms with Crippen molar-refractivity contribution in [1.29, 1.82) is 0 Å². The largest absolute Gasteiger partial charge is 0.394 e. The first-order chi connectivity index (χ1) is 8.71. The summed E-state index contributed by atoms with van der Waals surface area (Å²) in [5.41, 5.74) is 0. The number of aliphatic hydroxyl groups excluding tert-OH is 2. The van der Waals surface area contributed by atoms with Crippen LogP contribution in [-0.4, -0.2) is 35.4 Å². The summed E-state index contributed by atoms with van der Waals surface area (Å²) in [6, 6.07) is -0.491. The van der Waals surface area contributed by atoms with Crippen LogP contribution >= 0.6 is 0 Å². The number of aliphatic hydroxyl groups is 2. The second-order valence-corrected chi connectivity index (χ2v) is 6.53. The van der Waals surface area contributed by atoms with Gasteiger partial charge in [-0.3, -0.25) is 4.79 Å². The first-order valence-electron chi connectivity index (χ1n) is 7.23. The quantitative estimate of drug-likeness (QED) is 0.684. The summed E-state index contributed by atoms with van der Waals surface area (Å²) in [7, 11) is 0. The lowest BCUT2D eigenvalue weighted by molar-refractivity contribution is -0.139. The van der Waals surface area contributed by atoms with Gasteiger partial charge in [0.2, 0.25) is 5.91 Å². The third-order valence-corrected chi connectivity index (χ3v) is 5.32. The Hall–Kier alpha value is -0.610. The highest BCUT2D eigenvalue weighted by Crippen LogP contribution is 2.56. The first kappa shape index (κ1) is 12.4. The summed E-state index contributed by atoms with van der Waals surface area (Å²) in [5.74, 6) is 3.04. The van der Waals surface area contributed by atoms with Crippen molar-refractivity contribution >= 4 is 5.91 Å². The van der Waals surface area contributed by atoms with Gasteiger partial charge in [-0.25, -0.2) is 0 Å². The van der Waals surface area contributed by atoms with E-state index in [1.165, 1.54) is 32.1 Å². The normalized spacial score (nSPS) is 41.4. The summed E-state index contributed by atoms with van der Waals surface area (Å²) in [6.45, 7) is -0.370. The van der Waals surface area contributed by atoms with E-state index in [0.717, 1.165) is 11.8 Å². The second-order valence-electron chi connectivity index (χ2n) is 6.53. The smallest absolute Gasteiger partial charge is 0.224 e. The molecule has 0 aromatic carbocycles. The Kier molecular flexibility index (Phi) is 3.32. The molecule has 18 heavy (non-hydrogen) atoms. The van der Waals surface area contributed by atoms with Gasteiger partial charge in [-0.05, 0) is 55.8 Å². The van der Waals surface area contributed by atoms with Crippen LogP contribution in [0, 0.1) is 29.6 Å². The van der Waals surface area contributed by atoms with Crippen LogP contribution in [0.2, 0.25) is 0 Å². The Balaban J connectivity index is 1.67. The van der Waals surface area contributed by atoms with Gasteiger partial charge in [-0.1, -0.05) is 0 Å². The first-order valence-corrected chi connectivity index (χ1v) is 7.23. The molecule has 102 valence electrons. The van der Waals surface area contributed by atoms with Crippen molar-refractivity contribution in [3.05, 3.63) is 0 Å². The lowest BCUT2D eigenvalue weighted by atomic mass is 9.51. The van der Waals surface area contributed by atoms with Gasteiger partial charge in [0.05, 0.1) is 19.3 Å². The minimum absolute atomic E-state index is 0.0666. The summed E-state index contributed by atoms with van der Waals surface area (Å²) in [6.07, 6.45) is 6.25. The molecule has 0 atom stereocenters. The summed E-state index contributed by atoms with van der Waals surface area (Å²) in [5, 5.41) is 20.9. The van der Waals surface area contributed by atoms with E-state index >= 15 is 0 Å². The van der Waals surface area contributed by atoms with E-state index in [1.807, 2.05) is 0 Å². The number of carbonyl (C=O) groups excluding carboxylic acids is 1. The fourth-order valence-corrected chi connectivity index (χ4v) is 4.80. The van der Waals surface area contributed by atoms with Crippen LogP contribution in [0.25, 0.3) is 0 Å². The highest BCUT2D eigenvalue weighted by atomic mass is 16.3. The van der Waals surface area contributed by atoms with E-state index < -0.39 is 6.04 Å². The number of hydrogen-bond donors (Lipinski definition) is 3. The van der Waals surface area contributed by atoms with Crippen molar-refractivity contribution in [2.75, 3.05) is 13.2 Å². The highest BCUT2D eigenvalue weighted by Gasteiger charge is 2.50. The molecule has 0 aromatic heterocycles. The Morgan fingerprint density at radius 2 is 1.50 bits per heavy atom. The van der Waals surface area contributed by atoms with Crippen molar-refractivity contribution in [3.63, 3.8) is 0 Å². The third kappa shape index (κ3) is 2.05. The molecule has 4 bridgehead atoms. The molecule has 0 spiro atoms. The highest BCUT2D eigenvalue weighted by molar-refractivity contribution is 5.80. The molecule has 0 aromatic rings. The van der Waals surface area contributed by atoms with Gasteiger partial charge >= 0.3 is 0 Å². The van der Waals surface area contributed by atoms with Crippen LogP contribution in [0.4, 0.5) is 0 Å². The van der Waals surface area contributed by atoms with Gasteiger partial charge in [-0.15, -0.1) is 0 Å². The molecule has 4 aliphatic rings. The molecule has 4 heteroatoms. The molecule has 0 heterocycles. The molecule has 4 saturated carbocycles. The zero-order valence-corrected chi connectivity index (χ0v) is 10.7. The number of rotatable bonds is 4. The topological polar surface area (TPSA) is 69.6 Å². The van der Waals surface area contributed by atoms with Crippen LogP contribution in [0.3, 0.4) is 0 Å². The molecule has 0 aliphatic heterocycles. The number of nitrogens with one attached hydrogen (secondary N) is 1. The van der Waals surface area contributed by atoms with Gasteiger partial charge in [0, 0.05) is 5.92 Å². The summed E-state index contributed by atoms with van der Waals surface area (Å²) in [4.78, 5) is 12.3. The van der Waals surface area contributed by atoms with Gasteiger partial charge in [0.1, 0.15) is 0 Å². The molecular weight excluding hydrogens is 230 g/mol. The number of hydrogen-bond acceptors (Lipinski definition) is 3. The van der Waals surface area contributed by atoms with Crippen LogP contribution in [0.5, 0.6) is 0 Å². The maximum Gasteiger partial charge on any atom is 0.224 e. The predicted molar refractivity (Wildman–Crippen MR) is 66.6 cm³/mol. The Morgan fingerprint density at radius 3 is 1.94 bits per heavy atom. The van der Waals surface area contributed by atoms with Gasteiger partial charge < -0.3 is 15.5 Å². The van der Waals surface area contributed by atoms with Crippen LogP contribution in [0.15, 0.2) is 0 Å². The fraction of sp³-hybridized carbons (Fsp3) is 0.929. The number of carbonyl (C=O) groups is 1. The molecule has 3 N–H and O–H groups in total. The Bertz CT molecular complexity index is 299. The Labute approximate surface area is 108 Å². The molecular formula is C14H23NO3. The van der Waals surface area contributed by atoms with E-state index in [2.05, 4.69) is 5.32 Å². The maximum absolute atomic E-state index is 12.3. The summed E-state index contributed by atoms with van der Waals surface area (Å²) >= 11 is 0. The molecule has 0 saturated heterocycles. The molecule has 4 rings (SSSR count). The fourth-order valence-electron chi connectivity index (χ4n) is 4.80. The van der Waals surface area contributed by atoms with E-state index in [4.69, 9.17) is 10.2 Å². The van der Waals surface area contributed by atoms with Crippen molar-refractivity contribution in [1.82, 2.24) is 5.32 Å². The van der Waals surface area contributed by atoms with Gasteiger partial charge in [0.15, 0.2) is 0 Å². The van der Waals surface area contributed by atoms with Gasteiger partial charge in [-0.2, -0.15) is 0 Å². The molecule has 4 aliphatic carbocycles. The zero-order chi connectivity index (χ0) is 12.7. The van der Waals surface area contributed by atoms with Crippen LogP contribution in [-0.2, 0) is 4.79 Å². The van der Waals surface area contributed by atoms with Crippen molar-refractivity contribution < 1.29 is 15.0 Å². The lowest BCUT2D eigenvalue weighted by Crippen LogP contribution is -2.53. The van der Waals surface area contributed by atoms with Crippen LogP contribution in [0.1, 0.15) is 32.1 Å². The van der Waals surface area contributed by atoms with E-state index in [-0.39, 0.29) is 25.0 Å². The van der Waals surface area contributed by atoms with E-state index in [0.29, 0.717) is 11.8 Å². The standard InChI is InChI=1S/C14H23NO3/c16-6-12(7-17)15-14(18)13-10-2-8-1-9(4-10)5-11(13)3-8/h8-13,16-17H,1-7H2,(H,15,18). The predicted octanol–water partition coefficient (Wildman–Crippen LogP) is 0.528. The van der Waals surface area contributed by atoms with Crippen molar-refractivity contribution in [3.8, 4) is 0 Å². The average Bonchev–Trinajstić information content (AvgIpc) is 2.34. The summed E-state index contributed by atoms with van der Waals surface area (Å²) < 4.78 is 0. The van der Waals surface area contributed by atoms with E-state index in [9.17, 15) is 4.79 Å². The zero-order valence-electron chi connectivity index (χ0n) is 10.7. The monoisotopic (exact) mass is 253 g/mol. The Morgan fingerprint density at radius 1 is 1.00 bits per heavy atom. The maximum atomic E-state index is 12.3. The molecule has 0 unspecified atom stereocenters. The van der Waals surface area contributed by atoms with Crippen molar-refractivity contribution in [2.24, 2.45) is 29.6 Å². The third-order valence-electron chi connectivity index (χ3n) is 5.32. The minimum Gasteiger partial charge on any atom is -0.394 e. The molecule has 4 fully saturated rings. The minimum atomic E-state index is -0.491. The number of amides is 1. The van der Waals surface area contributed by atoms with Gasteiger partial charge in [0.25, 0.3) is 0 Å². The SMILES string of the molecule is O=C(NC(CO)CO)C1C2CC3CC(C2)CC1C3. The molecule has 0 radical (unpaired) electrons. The van der Waals surface area contributed by atoms with Crippen LogP contribution < -0.4 is 5.32 Å². The average molecular weight is 253 g/mol.